The molecule has 0 saturated carbocycles. The van der Waals surface area contributed by atoms with Gasteiger partial charge in [0.15, 0.2) is 0 Å². The van der Waals surface area contributed by atoms with E-state index in [-0.39, 0.29) is 30.9 Å². The zero-order valence-corrected chi connectivity index (χ0v) is 11.8. The maximum Gasteiger partial charge on any atom is 0.241 e. The fourth-order valence-electron chi connectivity index (χ4n) is 2.45. The number of likely N-dealkylation sites (tertiary alicyclic amines) is 1. The number of anilines is 1. The molecule has 5 nitrogen and oxygen atoms in total. The Bertz CT molecular complexity index is 536. The van der Waals surface area contributed by atoms with Crippen LogP contribution in [0.1, 0.15) is 12.8 Å². The Kier molecular flexibility index (Phi) is 5.35. The quantitative estimate of drug-likeness (QED) is 0.788. The van der Waals surface area contributed by atoms with Crippen LogP contribution in [0.15, 0.2) is 30.3 Å². The van der Waals surface area contributed by atoms with E-state index in [0.29, 0.717) is 0 Å². The van der Waals surface area contributed by atoms with Gasteiger partial charge in [-0.1, -0.05) is 24.1 Å². The van der Waals surface area contributed by atoms with Crippen LogP contribution in [0, 0.1) is 12.3 Å². The summed E-state index contributed by atoms with van der Waals surface area (Å²) in [6.45, 7) is 1.17. The van der Waals surface area contributed by atoms with Crippen molar-refractivity contribution >= 4 is 17.5 Å². The fourth-order valence-corrected chi connectivity index (χ4v) is 2.45. The molecule has 5 heteroatoms. The van der Waals surface area contributed by atoms with Crippen molar-refractivity contribution in [1.29, 1.82) is 0 Å². The summed E-state index contributed by atoms with van der Waals surface area (Å²) in [5.74, 6) is 2.15. The molecule has 110 valence electrons. The summed E-state index contributed by atoms with van der Waals surface area (Å²) in [6, 6.07) is 9.06. The van der Waals surface area contributed by atoms with E-state index in [1.165, 1.54) is 0 Å². The summed E-state index contributed by atoms with van der Waals surface area (Å²) >= 11 is 0. The Hall–Kier alpha value is -2.32. The first-order valence-corrected chi connectivity index (χ1v) is 7.01. The van der Waals surface area contributed by atoms with E-state index >= 15 is 0 Å². The van der Waals surface area contributed by atoms with E-state index in [2.05, 4.69) is 16.6 Å². The van der Waals surface area contributed by atoms with Crippen LogP contribution in [0.4, 0.5) is 5.69 Å². The Balaban J connectivity index is 1.90. The lowest BCUT2D eigenvalue weighted by molar-refractivity contribution is -0.124. The Labute approximate surface area is 124 Å². The zero-order chi connectivity index (χ0) is 15.1. The highest BCUT2D eigenvalue weighted by atomic mass is 16.2. The van der Waals surface area contributed by atoms with Gasteiger partial charge in [0.05, 0.1) is 19.1 Å². The molecular formula is C16H19N3O2. The number of hydrogen-bond acceptors (Lipinski definition) is 3. The van der Waals surface area contributed by atoms with Gasteiger partial charge in [-0.15, -0.1) is 6.42 Å². The molecule has 1 aromatic rings. The molecule has 0 spiro atoms. The van der Waals surface area contributed by atoms with Crippen molar-refractivity contribution in [3.8, 4) is 12.3 Å². The first kappa shape index (κ1) is 15.1. The predicted octanol–water partition coefficient (Wildman–Crippen LogP) is 0.839. The van der Waals surface area contributed by atoms with Gasteiger partial charge >= 0.3 is 0 Å². The van der Waals surface area contributed by atoms with Gasteiger partial charge in [-0.2, -0.15) is 0 Å². The number of benzene rings is 1. The average Bonchev–Trinajstić information content (AvgIpc) is 2.94. The minimum atomic E-state index is -0.262. The van der Waals surface area contributed by atoms with E-state index in [9.17, 15) is 9.59 Å². The first-order chi connectivity index (χ1) is 10.2. The SMILES string of the molecule is C#CCNC(=O)CN1CCC[C@H]1C(=O)Nc1ccccc1. The van der Waals surface area contributed by atoms with Crippen LogP contribution in [-0.4, -0.2) is 42.4 Å². The average molecular weight is 285 g/mol. The molecule has 2 amide bonds. The van der Waals surface area contributed by atoms with Gasteiger partial charge in [-0.05, 0) is 31.5 Å². The summed E-state index contributed by atoms with van der Waals surface area (Å²) in [6.07, 6.45) is 6.78. The van der Waals surface area contributed by atoms with E-state index in [1.54, 1.807) is 0 Å². The minimum Gasteiger partial charge on any atom is -0.344 e. The first-order valence-electron chi connectivity index (χ1n) is 7.01. The predicted molar refractivity (Wildman–Crippen MR) is 81.5 cm³/mol. The lowest BCUT2D eigenvalue weighted by atomic mass is 10.2. The Morgan fingerprint density at radius 1 is 1.33 bits per heavy atom. The number of para-hydroxylation sites is 1. The molecule has 0 aliphatic carbocycles. The van der Waals surface area contributed by atoms with Gasteiger partial charge in [0.1, 0.15) is 0 Å². The number of nitrogens with zero attached hydrogens (tertiary/aromatic N) is 1. The number of nitrogens with one attached hydrogen (secondary N) is 2. The zero-order valence-electron chi connectivity index (χ0n) is 11.8. The summed E-state index contributed by atoms with van der Waals surface area (Å²) < 4.78 is 0. The van der Waals surface area contributed by atoms with Gasteiger partial charge in [-0.3, -0.25) is 14.5 Å². The third kappa shape index (κ3) is 4.33. The number of carbonyl (C=O) groups excluding carboxylic acids is 2. The Morgan fingerprint density at radius 3 is 2.81 bits per heavy atom. The molecule has 1 saturated heterocycles. The minimum absolute atomic E-state index is 0.0663. The van der Waals surface area contributed by atoms with E-state index in [4.69, 9.17) is 6.42 Å². The standard InChI is InChI=1S/C16H19N3O2/c1-2-10-17-15(20)12-19-11-6-9-14(19)16(21)18-13-7-4-3-5-8-13/h1,3-5,7-8,14H,6,9-12H2,(H,17,20)(H,18,21)/t14-/m0/s1. The fraction of sp³-hybridized carbons (Fsp3) is 0.375. The smallest absolute Gasteiger partial charge is 0.241 e. The van der Waals surface area contributed by atoms with Crippen molar-refractivity contribution in [2.24, 2.45) is 0 Å². The highest BCUT2D eigenvalue weighted by Gasteiger charge is 2.31. The highest BCUT2D eigenvalue weighted by molar-refractivity contribution is 5.95. The monoisotopic (exact) mass is 285 g/mol. The van der Waals surface area contributed by atoms with Crippen molar-refractivity contribution in [3.63, 3.8) is 0 Å². The molecule has 1 aromatic carbocycles. The lowest BCUT2D eigenvalue weighted by Crippen LogP contribution is -2.45. The molecule has 1 heterocycles. The number of amides is 2. The van der Waals surface area contributed by atoms with Crippen molar-refractivity contribution < 1.29 is 9.59 Å². The maximum atomic E-state index is 12.3. The van der Waals surface area contributed by atoms with Crippen LogP contribution < -0.4 is 10.6 Å². The summed E-state index contributed by atoms with van der Waals surface area (Å²) in [7, 11) is 0. The second kappa shape index (κ2) is 7.46. The van der Waals surface area contributed by atoms with Gasteiger partial charge in [-0.25, -0.2) is 0 Å². The summed E-state index contributed by atoms with van der Waals surface area (Å²) in [4.78, 5) is 25.9. The van der Waals surface area contributed by atoms with Crippen LogP contribution in [0.3, 0.4) is 0 Å². The third-order valence-electron chi connectivity index (χ3n) is 3.44. The molecule has 1 atom stereocenters. The van der Waals surface area contributed by atoms with Crippen molar-refractivity contribution in [2.45, 2.75) is 18.9 Å². The number of terminal acetylenes is 1. The second-order valence-electron chi connectivity index (χ2n) is 4.96. The van der Waals surface area contributed by atoms with Crippen LogP contribution in [0.5, 0.6) is 0 Å². The largest absolute Gasteiger partial charge is 0.344 e. The maximum absolute atomic E-state index is 12.3. The van der Waals surface area contributed by atoms with E-state index in [1.807, 2.05) is 35.2 Å². The molecule has 0 aromatic heterocycles. The molecule has 1 aliphatic rings. The lowest BCUT2D eigenvalue weighted by Gasteiger charge is -2.22. The Morgan fingerprint density at radius 2 is 2.10 bits per heavy atom. The van der Waals surface area contributed by atoms with Gasteiger partial charge < -0.3 is 10.6 Å². The molecule has 0 unspecified atom stereocenters. The number of carbonyl (C=O) groups is 2. The topological polar surface area (TPSA) is 61.4 Å². The van der Waals surface area contributed by atoms with Crippen molar-refractivity contribution in [1.82, 2.24) is 10.2 Å². The van der Waals surface area contributed by atoms with Crippen LogP contribution >= 0.6 is 0 Å². The second-order valence-corrected chi connectivity index (χ2v) is 4.96. The number of hydrogen-bond donors (Lipinski definition) is 2. The normalized spacial score (nSPS) is 18.0. The van der Waals surface area contributed by atoms with Gasteiger partial charge in [0.2, 0.25) is 11.8 Å². The molecular weight excluding hydrogens is 266 g/mol. The molecule has 21 heavy (non-hydrogen) atoms. The van der Waals surface area contributed by atoms with Crippen molar-refractivity contribution in [2.75, 3.05) is 25.0 Å². The summed E-state index contributed by atoms with van der Waals surface area (Å²) in [5, 5.41) is 5.51. The van der Waals surface area contributed by atoms with Gasteiger partial charge in [0.25, 0.3) is 0 Å². The molecule has 0 radical (unpaired) electrons. The molecule has 2 rings (SSSR count). The molecule has 2 N–H and O–H groups in total. The van der Waals surface area contributed by atoms with Crippen LogP contribution in [0.2, 0.25) is 0 Å². The van der Waals surface area contributed by atoms with Crippen LogP contribution in [-0.2, 0) is 9.59 Å². The van der Waals surface area contributed by atoms with E-state index < -0.39 is 0 Å². The molecule has 0 bridgehead atoms. The highest BCUT2D eigenvalue weighted by Crippen LogP contribution is 2.18. The van der Waals surface area contributed by atoms with Crippen LogP contribution in [0.25, 0.3) is 0 Å². The molecule has 1 fully saturated rings. The number of rotatable bonds is 5. The van der Waals surface area contributed by atoms with Gasteiger partial charge in [0, 0.05) is 5.69 Å². The van der Waals surface area contributed by atoms with E-state index in [0.717, 1.165) is 25.1 Å². The van der Waals surface area contributed by atoms with Crippen molar-refractivity contribution in [3.05, 3.63) is 30.3 Å². The molecule has 1 aliphatic heterocycles. The third-order valence-corrected chi connectivity index (χ3v) is 3.44. The summed E-state index contributed by atoms with van der Waals surface area (Å²) in [5.41, 5.74) is 0.770.